The van der Waals surface area contributed by atoms with E-state index in [1.807, 2.05) is 59.5 Å². The standard InChI is InChI=1S/C33H28N2O6/c1-39-21-11-10-20-14-23-22(16-29(38)35-12-6-3-7-13-35)30-28(41-33(23)34-24(20)15-21)18-26(37)31-25(36)17-27(40-32(30)31)19-8-4-2-5-9-19/h2,4-5,8-11,14-15,17-18,22,37H,3,6-7,12-13,16H2,1H3. The molecule has 1 N–H and O–H groups in total. The van der Waals surface area contributed by atoms with Crippen LogP contribution in [0, 0.1) is 0 Å². The summed E-state index contributed by atoms with van der Waals surface area (Å²) >= 11 is 0. The molecule has 2 aliphatic rings. The molecular formula is C33H28N2O6. The highest BCUT2D eigenvalue weighted by molar-refractivity contribution is 5.92. The summed E-state index contributed by atoms with van der Waals surface area (Å²) < 4.78 is 18.1. The number of hydrogen-bond donors (Lipinski definition) is 1. The van der Waals surface area contributed by atoms with Crippen LogP contribution in [-0.2, 0) is 4.79 Å². The molecule has 1 saturated heterocycles. The quantitative estimate of drug-likeness (QED) is 0.279. The van der Waals surface area contributed by atoms with E-state index in [-0.39, 0.29) is 34.5 Å². The number of amides is 1. The molecule has 8 heteroatoms. The van der Waals surface area contributed by atoms with Crippen LogP contribution in [0.2, 0.25) is 0 Å². The predicted molar refractivity (Wildman–Crippen MR) is 155 cm³/mol. The molecule has 2 aromatic heterocycles. The number of nitrogens with zero attached hydrogens (tertiary/aromatic N) is 2. The largest absolute Gasteiger partial charge is 0.507 e. The van der Waals surface area contributed by atoms with Crippen LogP contribution in [0.4, 0.5) is 0 Å². The van der Waals surface area contributed by atoms with Gasteiger partial charge in [-0.25, -0.2) is 4.98 Å². The molecule has 0 saturated carbocycles. The van der Waals surface area contributed by atoms with E-state index in [1.54, 1.807) is 7.11 Å². The van der Waals surface area contributed by atoms with E-state index in [9.17, 15) is 14.7 Å². The number of carbonyl (C=O) groups excluding carboxylic acids is 1. The third-order valence-electron chi connectivity index (χ3n) is 8.08. The monoisotopic (exact) mass is 548 g/mol. The SMILES string of the molecule is COc1ccc2cc3c(nc2c1)Oc1cc(O)c2c(=O)cc(-c4ccccc4)oc2c1C3CC(=O)N1CCCCC1. The summed E-state index contributed by atoms with van der Waals surface area (Å²) in [6.45, 7) is 1.45. The molecule has 8 nitrogen and oxygen atoms in total. The number of aromatic hydroxyl groups is 1. The number of hydrogen-bond acceptors (Lipinski definition) is 7. The maximum absolute atomic E-state index is 13.7. The molecule has 3 aromatic carbocycles. The molecule has 0 aliphatic carbocycles. The highest BCUT2D eigenvalue weighted by Gasteiger charge is 2.36. The van der Waals surface area contributed by atoms with Crippen molar-refractivity contribution < 1.29 is 23.8 Å². The summed E-state index contributed by atoms with van der Waals surface area (Å²) in [6.07, 6.45) is 3.22. The van der Waals surface area contributed by atoms with Gasteiger partial charge in [0, 0.05) is 65.7 Å². The smallest absolute Gasteiger partial charge is 0.223 e. The van der Waals surface area contributed by atoms with E-state index in [2.05, 4.69) is 0 Å². The van der Waals surface area contributed by atoms with Gasteiger partial charge >= 0.3 is 0 Å². The molecule has 7 rings (SSSR count). The molecular weight excluding hydrogens is 520 g/mol. The fourth-order valence-corrected chi connectivity index (χ4v) is 5.99. The van der Waals surface area contributed by atoms with Crippen LogP contribution in [0.3, 0.4) is 0 Å². The zero-order valence-electron chi connectivity index (χ0n) is 22.6. The van der Waals surface area contributed by atoms with Gasteiger partial charge in [-0.15, -0.1) is 0 Å². The van der Waals surface area contributed by atoms with Gasteiger partial charge in [0.1, 0.15) is 34.0 Å². The van der Waals surface area contributed by atoms with E-state index < -0.39 is 5.92 Å². The number of ether oxygens (including phenoxy) is 2. The summed E-state index contributed by atoms with van der Waals surface area (Å²) in [5.74, 6) is 0.935. The maximum Gasteiger partial charge on any atom is 0.223 e. The molecule has 5 aromatic rings. The van der Waals surface area contributed by atoms with Crippen LogP contribution in [-0.4, -0.2) is 41.1 Å². The van der Waals surface area contributed by atoms with Gasteiger partial charge in [-0.3, -0.25) is 9.59 Å². The molecule has 0 spiro atoms. The van der Waals surface area contributed by atoms with Crippen molar-refractivity contribution in [1.82, 2.24) is 9.88 Å². The summed E-state index contributed by atoms with van der Waals surface area (Å²) in [5.41, 5.74) is 2.52. The zero-order chi connectivity index (χ0) is 28.1. The highest BCUT2D eigenvalue weighted by atomic mass is 16.5. The first-order chi connectivity index (χ1) is 20.0. The van der Waals surface area contributed by atoms with Crippen LogP contribution in [0.25, 0.3) is 33.2 Å². The van der Waals surface area contributed by atoms with Crippen LogP contribution < -0.4 is 14.9 Å². The average Bonchev–Trinajstić information content (AvgIpc) is 3.00. The molecule has 1 amide bonds. The van der Waals surface area contributed by atoms with Crippen LogP contribution in [0.15, 0.2) is 75.9 Å². The summed E-state index contributed by atoms with van der Waals surface area (Å²) in [4.78, 5) is 33.8. The number of piperidine rings is 1. The molecule has 0 radical (unpaired) electrons. The van der Waals surface area contributed by atoms with E-state index in [1.165, 1.54) is 12.1 Å². The van der Waals surface area contributed by atoms with Crippen LogP contribution in [0.5, 0.6) is 23.1 Å². The lowest BCUT2D eigenvalue weighted by atomic mass is 9.84. The number of likely N-dealkylation sites (tertiary alicyclic amines) is 1. The van der Waals surface area contributed by atoms with Crippen molar-refractivity contribution in [1.29, 1.82) is 0 Å². The van der Waals surface area contributed by atoms with Gasteiger partial charge in [0.05, 0.1) is 12.6 Å². The lowest BCUT2D eigenvalue weighted by Crippen LogP contribution is -2.36. The number of methoxy groups -OCH3 is 1. The Bertz CT molecular complexity index is 1880. The number of fused-ring (bicyclic) bond motifs is 5. The van der Waals surface area contributed by atoms with Gasteiger partial charge in [-0.05, 0) is 37.5 Å². The minimum Gasteiger partial charge on any atom is -0.507 e. The maximum atomic E-state index is 13.7. The van der Waals surface area contributed by atoms with Crippen molar-refractivity contribution in [3.63, 3.8) is 0 Å². The molecule has 1 unspecified atom stereocenters. The first-order valence-electron chi connectivity index (χ1n) is 13.8. The number of carbonyl (C=O) groups is 1. The van der Waals surface area contributed by atoms with Crippen LogP contribution in [0.1, 0.15) is 42.7 Å². The van der Waals surface area contributed by atoms with Gasteiger partial charge in [-0.1, -0.05) is 30.3 Å². The summed E-state index contributed by atoms with van der Waals surface area (Å²) in [6, 6.07) is 19.7. The Hall–Kier alpha value is -4.85. The third-order valence-corrected chi connectivity index (χ3v) is 8.08. The van der Waals surface area contributed by atoms with Gasteiger partial charge in [-0.2, -0.15) is 0 Å². The van der Waals surface area contributed by atoms with Gasteiger partial charge in [0.15, 0.2) is 5.43 Å². The minimum atomic E-state index is -0.514. The van der Waals surface area contributed by atoms with Crippen LogP contribution >= 0.6 is 0 Å². The van der Waals surface area contributed by atoms with Crippen molar-refractivity contribution in [3.8, 4) is 34.5 Å². The number of rotatable bonds is 4. The van der Waals surface area contributed by atoms with Gasteiger partial charge < -0.3 is 23.9 Å². The number of aromatic nitrogens is 1. The number of phenolic OH excluding ortho intramolecular Hbond substituents is 1. The summed E-state index contributed by atoms with van der Waals surface area (Å²) in [5, 5.41) is 11.9. The van der Waals surface area contributed by atoms with E-state index in [0.717, 1.165) is 48.9 Å². The zero-order valence-corrected chi connectivity index (χ0v) is 22.6. The van der Waals surface area contributed by atoms with Gasteiger partial charge in [0.25, 0.3) is 0 Å². The molecule has 1 atom stereocenters. The Morgan fingerprint density at radius 2 is 1.85 bits per heavy atom. The normalized spacial score (nSPS) is 16.2. The Kier molecular flexibility index (Phi) is 6.11. The predicted octanol–water partition coefficient (Wildman–Crippen LogP) is 6.36. The number of phenols is 1. The Morgan fingerprint density at radius 3 is 2.63 bits per heavy atom. The van der Waals surface area contributed by atoms with Gasteiger partial charge in [0.2, 0.25) is 11.8 Å². The number of benzene rings is 3. The fourth-order valence-electron chi connectivity index (χ4n) is 5.99. The lowest BCUT2D eigenvalue weighted by molar-refractivity contribution is -0.132. The summed E-state index contributed by atoms with van der Waals surface area (Å²) in [7, 11) is 1.60. The minimum absolute atomic E-state index is 0.0195. The lowest BCUT2D eigenvalue weighted by Gasteiger charge is -2.32. The molecule has 0 bridgehead atoms. The second-order valence-electron chi connectivity index (χ2n) is 10.6. The first kappa shape index (κ1) is 25.1. The molecule has 4 heterocycles. The highest BCUT2D eigenvalue weighted by Crippen LogP contribution is 2.51. The van der Waals surface area contributed by atoms with E-state index in [0.29, 0.717) is 34.2 Å². The van der Waals surface area contributed by atoms with Crippen molar-refractivity contribution in [3.05, 3.63) is 88.1 Å². The Balaban J connectivity index is 1.46. The number of pyridine rings is 1. The second-order valence-corrected chi connectivity index (χ2v) is 10.6. The van der Waals surface area contributed by atoms with E-state index >= 15 is 0 Å². The van der Waals surface area contributed by atoms with Crippen molar-refractivity contribution in [2.24, 2.45) is 0 Å². The Morgan fingerprint density at radius 1 is 1.05 bits per heavy atom. The second kappa shape index (κ2) is 9.96. The first-order valence-corrected chi connectivity index (χ1v) is 13.8. The fraction of sp³-hybridized carbons (Fsp3) is 0.242. The van der Waals surface area contributed by atoms with Crippen molar-refractivity contribution in [2.75, 3.05) is 20.2 Å². The topological polar surface area (TPSA) is 102 Å². The van der Waals surface area contributed by atoms with Crippen molar-refractivity contribution in [2.45, 2.75) is 31.6 Å². The van der Waals surface area contributed by atoms with E-state index in [4.69, 9.17) is 18.9 Å². The molecule has 1 fully saturated rings. The average molecular weight is 549 g/mol. The molecule has 41 heavy (non-hydrogen) atoms. The Labute approximate surface area is 235 Å². The molecule has 2 aliphatic heterocycles. The van der Waals surface area contributed by atoms with Crippen molar-refractivity contribution >= 4 is 27.8 Å². The molecule has 206 valence electrons. The third kappa shape index (κ3) is 4.36.